The second kappa shape index (κ2) is 11.8. The topological polar surface area (TPSA) is 25.8 Å². The third-order valence-corrected chi connectivity index (χ3v) is 9.46. The zero-order valence-electron chi connectivity index (χ0n) is 24.8. The summed E-state index contributed by atoms with van der Waals surface area (Å²) in [5.74, 6) is 0. The molecule has 0 saturated heterocycles. The first-order chi connectivity index (χ1) is 19.0. The minimum absolute atomic E-state index is 0. The van der Waals surface area contributed by atoms with Crippen LogP contribution in [0.15, 0.2) is 91.3 Å². The van der Waals surface area contributed by atoms with Gasteiger partial charge < -0.3 is 9.97 Å². The number of nitrogens with zero attached hydrogens (tertiary/aromatic N) is 2. The molecule has 2 nitrogen and oxygen atoms in total. The molecule has 0 aliphatic carbocycles. The Bertz CT molecular complexity index is 1780. The van der Waals surface area contributed by atoms with E-state index >= 15 is 0 Å². The van der Waals surface area contributed by atoms with Crippen LogP contribution in [0.2, 0.25) is 19.6 Å². The number of thiophene rings is 1. The molecule has 3 aromatic heterocycles. The van der Waals surface area contributed by atoms with Crippen molar-refractivity contribution >= 4 is 44.8 Å². The minimum atomic E-state index is -2.09. The number of hydrogen-bond donors (Lipinski definition) is 0. The van der Waals surface area contributed by atoms with E-state index in [1.165, 1.54) is 37.1 Å². The fourth-order valence-electron chi connectivity index (χ4n) is 4.18. The number of hydrogen-bond acceptors (Lipinski definition) is 3. The molecule has 193 valence electrons. The Morgan fingerprint density at radius 2 is 1.68 bits per heavy atom. The first-order valence-electron chi connectivity index (χ1n) is 13.7. The molecule has 0 saturated carbocycles. The van der Waals surface area contributed by atoms with Gasteiger partial charge in [0.15, 0.2) is 0 Å². The van der Waals surface area contributed by atoms with E-state index in [1.807, 2.05) is 47.9 Å². The molecule has 0 bridgehead atoms. The summed E-state index contributed by atoms with van der Waals surface area (Å²) in [4.78, 5) is 8.69. The van der Waals surface area contributed by atoms with E-state index in [0.717, 1.165) is 22.5 Å². The van der Waals surface area contributed by atoms with Crippen molar-refractivity contribution < 1.29 is 24.2 Å². The summed E-state index contributed by atoms with van der Waals surface area (Å²) in [5, 5.41) is 4.21. The molecule has 0 N–H and O–H groups in total. The van der Waals surface area contributed by atoms with Gasteiger partial charge in [0, 0.05) is 41.3 Å². The Morgan fingerprint density at radius 1 is 0.816 bits per heavy atom. The van der Waals surface area contributed by atoms with Gasteiger partial charge in [-0.15, -0.1) is 59.7 Å². The maximum atomic E-state index is 7.23. The van der Waals surface area contributed by atoms with E-state index in [4.69, 9.17) is 4.11 Å². The molecule has 38 heavy (non-hydrogen) atoms. The van der Waals surface area contributed by atoms with Crippen molar-refractivity contribution in [1.29, 1.82) is 0 Å². The van der Waals surface area contributed by atoms with E-state index in [1.54, 1.807) is 18.2 Å². The predicted molar refractivity (Wildman–Crippen MR) is 162 cm³/mol. The molecule has 6 rings (SSSR count). The third kappa shape index (κ3) is 6.19. The summed E-state index contributed by atoms with van der Waals surface area (Å²) in [7, 11) is -1.31. The number of pyridine rings is 2. The van der Waals surface area contributed by atoms with Gasteiger partial charge in [-0.25, -0.2) is 0 Å². The van der Waals surface area contributed by atoms with Crippen molar-refractivity contribution in [1.82, 2.24) is 9.97 Å². The smallest absolute Gasteiger partial charge is 0.0776 e. The van der Waals surface area contributed by atoms with Gasteiger partial charge in [-0.1, -0.05) is 66.1 Å². The van der Waals surface area contributed by atoms with Crippen LogP contribution in [0.25, 0.3) is 42.7 Å². The van der Waals surface area contributed by atoms with Gasteiger partial charge in [-0.05, 0) is 52.9 Å². The SMILES string of the molecule is Cc1ccnc(-c2[c-]ccc3c2sc2ccc([Si](C)(C)C)cc23)c1.[2H]C([2H])([2H])c1ccc(-c2[c-]cccc2)nc1.[Ir]. The van der Waals surface area contributed by atoms with Crippen molar-refractivity contribution in [3.05, 3.63) is 115 Å². The monoisotopic (exact) mass is 710 g/mol. The zero-order valence-corrected chi connectivity index (χ0v) is 26.0. The fourth-order valence-corrected chi connectivity index (χ4v) is 6.53. The van der Waals surface area contributed by atoms with E-state index < -0.39 is 14.9 Å². The van der Waals surface area contributed by atoms with Crippen LogP contribution >= 0.6 is 11.3 Å². The third-order valence-electron chi connectivity index (χ3n) is 6.22. The summed E-state index contributed by atoms with van der Waals surface area (Å²) in [6.07, 6.45) is 3.27. The zero-order chi connectivity index (χ0) is 28.5. The molecule has 0 amide bonds. The minimum Gasteiger partial charge on any atom is -0.305 e. The van der Waals surface area contributed by atoms with Crippen LogP contribution in [-0.4, -0.2) is 18.0 Å². The predicted octanol–water partition coefficient (Wildman–Crippen LogP) is 8.63. The summed E-state index contributed by atoms with van der Waals surface area (Å²) in [6, 6.07) is 32.6. The molecule has 0 fully saturated rings. The van der Waals surface area contributed by atoms with Crippen molar-refractivity contribution in [2.24, 2.45) is 0 Å². The van der Waals surface area contributed by atoms with Crippen LogP contribution < -0.4 is 5.19 Å². The van der Waals surface area contributed by atoms with Gasteiger partial charge in [0.05, 0.1) is 8.07 Å². The largest absolute Gasteiger partial charge is 0.305 e. The Hall–Kier alpha value is -2.95. The Balaban J connectivity index is 0.000000200. The van der Waals surface area contributed by atoms with Gasteiger partial charge in [-0.3, -0.25) is 0 Å². The molecule has 5 heteroatoms. The van der Waals surface area contributed by atoms with Gasteiger partial charge in [0.2, 0.25) is 0 Å². The van der Waals surface area contributed by atoms with Gasteiger partial charge >= 0.3 is 0 Å². The fraction of sp³-hybridized carbons (Fsp3) is 0.152. The maximum Gasteiger partial charge on any atom is 0.0776 e. The second-order valence-electron chi connectivity index (χ2n) is 10.1. The normalized spacial score (nSPS) is 12.6. The molecular formula is C33H30IrN2SSi-2. The first-order valence-corrected chi connectivity index (χ1v) is 16.6. The molecule has 3 aromatic carbocycles. The van der Waals surface area contributed by atoms with E-state index in [2.05, 4.69) is 79.0 Å². The van der Waals surface area contributed by atoms with Crippen LogP contribution in [0, 0.1) is 25.9 Å². The van der Waals surface area contributed by atoms with Crippen LogP contribution in [0.1, 0.15) is 15.2 Å². The van der Waals surface area contributed by atoms with Crippen molar-refractivity contribution in [3.8, 4) is 22.5 Å². The van der Waals surface area contributed by atoms with Crippen molar-refractivity contribution in [2.45, 2.75) is 33.4 Å². The molecule has 1 radical (unpaired) electrons. The van der Waals surface area contributed by atoms with Gasteiger partial charge in [0.1, 0.15) is 0 Å². The molecule has 0 aliphatic heterocycles. The summed E-state index contributed by atoms with van der Waals surface area (Å²) in [6.45, 7) is 7.22. The summed E-state index contributed by atoms with van der Waals surface area (Å²) < 4.78 is 24.3. The summed E-state index contributed by atoms with van der Waals surface area (Å²) >= 11 is 1.85. The Kier molecular flexibility index (Phi) is 7.51. The average Bonchev–Trinajstić information content (AvgIpc) is 3.31. The molecular weight excluding hydrogens is 677 g/mol. The molecule has 0 aliphatic rings. The van der Waals surface area contributed by atoms with Crippen LogP contribution in [0.3, 0.4) is 0 Å². The van der Waals surface area contributed by atoms with Crippen LogP contribution in [0.4, 0.5) is 0 Å². The summed E-state index contributed by atoms with van der Waals surface area (Å²) in [5.41, 5.74) is 5.21. The average molecular weight is 710 g/mol. The van der Waals surface area contributed by atoms with E-state index in [0.29, 0.717) is 0 Å². The standard InChI is InChI=1S/C21H20NSSi.C12H10N.Ir/c1-14-10-11-22-19(12-14)17-7-5-6-16-18-13-15(24(2,3)4)8-9-20(18)23-21(16)17;1-10-7-8-12(13-9-10)11-5-3-2-4-6-11;/h5-6,8-13H,1-4H3;2-5,7-9H,1H3;/q2*-1;/i;1D3;. The number of benzene rings is 3. The van der Waals surface area contributed by atoms with E-state index in [-0.39, 0.29) is 25.7 Å². The van der Waals surface area contributed by atoms with Crippen molar-refractivity contribution in [3.63, 3.8) is 0 Å². The Labute approximate surface area is 248 Å². The number of aryl methyl sites for hydroxylation is 2. The second-order valence-corrected chi connectivity index (χ2v) is 16.2. The van der Waals surface area contributed by atoms with Crippen LogP contribution in [-0.2, 0) is 20.1 Å². The molecule has 0 atom stereocenters. The Morgan fingerprint density at radius 3 is 2.37 bits per heavy atom. The molecule has 0 unspecified atom stereocenters. The van der Waals surface area contributed by atoms with Gasteiger partial charge in [0.25, 0.3) is 0 Å². The molecule has 3 heterocycles. The van der Waals surface area contributed by atoms with Crippen LogP contribution in [0.5, 0.6) is 0 Å². The number of fused-ring (bicyclic) bond motifs is 3. The van der Waals surface area contributed by atoms with E-state index in [9.17, 15) is 0 Å². The first kappa shape index (κ1) is 24.1. The molecule has 6 aromatic rings. The number of rotatable bonds is 3. The number of aromatic nitrogens is 2. The maximum absolute atomic E-state index is 7.23. The van der Waals surface area contributed by atoms with Gasteiger partial charge in [-0.2, -0.15) is 11.3 Å². The molecule has 0 spiro atoms. The van der Waals surface area contributed by atoms with Crippen molar-refractivity contribution in [2.75, 3.05) is 0 Å². The quantitative estimate of drug-likeness (QED) is 0.136.